The summed E-state index contributed by atoms with van der Waals surface area (Å²) in [7, 11) is 0. The first-order chi connectivity index (χ1) is 17.9. The molecule has 3 heterocycles. The van der Waals surface area contributed by atoms with Crippen LogP contribution in [0, 0.1) is 34.6 Å². The Morgan fingerprint density at radius 3 is 1.87 bits per heavy atom. The summed E-state index contributed by atoms with van der Waals surface area (Å²) in [5, 5.41) is 20.3. The number of aryl methyl sites for hydroxylation is 3. The molecule has 38 heavy (non-hydrogen) atoms. The predicted octanol–water partition coefficient (Wildman–Crippen LogP) is 4.91. The lowest BCUT2D eigenvalue weighted by Gasteiger charge is -2.03. The van der Waals surface area contributed by atoms with E-state index < -0.39 is 11.9 Å². The number of aromatic amines is 2. The Balaban J connectivity index is 0.000000244. The number of fused-ring (bicyclic) bond motifs is 1. The number of benzene rings is 1. The van der Waals surface area contributed by atoms with Gasteiger partial charge in [0.25, 0.3) is 5.91 Å². The molecule has 1 aromatic carbocycles. The second-order valence-corrected chi connectivity index (χ2v) is 9.45. The Bertz CT molecular complexity index is 1440. The van der Waals surface area contributed by atoms with Crippen molar-refractivity contribution in [3.63, 3.8) is 0 Å². The maximum Gasteiger partial charge on any atom is 0.303 e. The van der Waals surface area contributed by atoms with Crippen molar-refractivity contribution in [3.8, 4) is 0 Å². The van der Waals surface area contributed by atoms with Gasteiger partial charge in [0.2, 0.25) is 0 Å². The smallest absolute Gasteiger partial charge is 0.303 e. The van der Waals surface area contributed by atoms with E-state index in [9.17, 15) is 19.2 Å². The Labute approximate surface area is 221 Å². The highest BCUT2D eigenvalue weighted by atomic mass is 16.4. The highest BCUT2D eigenvalue weighted by Crippen LogP contribution is 2.36. The third-order valence-corrected chi connectivity index (χ3v) is 6.88. The molecule has 0 bridgehead atoms. The van der Waals surface area contributed by atoms with E-state index >= 15 is 0 Å². The van der Waals surface area contributed by atoms with Crippen LogP contribution in [0.25, 0.3) is 11.6 Å². The zero-order chi connectivity index (χ0) is 28.1. The molecule has 0 radical (unpaired) electrons. The van der Waals surface area contributed by atoms with E-state index in [0.29, 0.717) is 24.1 Å². The number of hydrogen-bond acceptors (Lipinski definition) is 4. The van der Waals surface area contributed by atoms with Crippen molar-refractivity contribution in [2.24, 2.45) is 0 Å². The molecule has 3 aromatic rings. The predicted molar refractivity (Wildman–Crippen MR) is 146 cm³/mol. The van der Waals surface area contributed by atoms with Crippen LogP contribution in [0.5, 0.6) is 0 Å². The van der Waals surface area contributed by atoms with E-state index in [2.05, 4.69) is 15.3 Å². The number of aliphatic carboxylic acids is 2. The van der Waals surface area contributed by atoms with Gasteiger partial charge in [-0.15, -0.1) is 0 Å². The number of aldehydes is 1. The van der Waals surface area contributed by atoms with Crippen LogP contribution in [-0.4, -0.2) is 44.3 Å². The fourth-order valence-electron chi connectivity index (χ4n) is 4.82. The summed E-state index contributed by atoms with van der Waals surface area (Å²) < 4.78 is 0. The van der Waals surface area contributed by atoms with Crippen LogP contribution in [0.1, 0.15) is 73.8 Å². The van der Waals surface area contributed by atoms with Crippen molar-refractivity contribution in [2.45, 2.75) is 60.3 Å². The number of aromatic nitrogens is 2. The van der Waals surface area contributed by atoms with Crippen LogP contribution >= 0.6 is 0 Å². The van der Waals surface area contributed by atoms with Gasteiger partial charge in [-0.1, -0.05) is 12.1 Å². The first kappa shape index (κ1) is 28.2. The maximum absolute atomic E-state index is 12.3. The first-order valence-corrected chi connectivity index (χ1v) is 12.3. The summed E-state index contributed by atoms with van der Waals surface area (Å²) in [6.07, 6.45) is 3.76. The molecular formula is C29H33N3O6. The van der Waals surface area contributed by atoms with E-state index in [1.807, 2.05) is 58.9 Å². The van der Waals surface area contributed by atoms with Crippen molar-refractivity contribution < 1.29 is 29.4 Å². The molecule has 9 heteroatoms. The summed E-state index contributed by atoms with van der Waals surface area (Å²) in [6, 6.07) is 5.80. The average Bonchev–Trinajstić information content (AvgIpc) is 3.42. The van der Waals surface area contributed by atoms with E-state index in [1.54, 1.807) is 0 Å². The third-order valence-electron chi connectivity index (χ3n) is 6.88. The number of H-pyrrole nitrogens is 2. The van der Waals surface area contributed by atoms with Crippen LogP contribution in [-0.2, 0) is 27.2 Å². The van der Waals surface area contributed by atoms with Gasteiger partial charge in [0.05, 0.1) is 11.3 Å². The van der Waals surface area contributed by atoms with Crippen molar-refractivity contribution in [3.05, 3.63) is 74.4 Å². The molecule has 200 valence electrons. The third kappa shape index (κ3) is 6.11. The molecular weight excluding hydrogens is 486 g/mol. The molecule has 4 rings (SSSR count). The first-order valence-electron chi connectivity index (χ1n) is 12.3. The van der Waals surface area contributed by atoms with Gasteiger partial charge in [-0.3, -0.25) is 19.2 Å². The van der Waals surface area contributed by atoms with Crippen molar-refractivity contribution >= 4 is 41.5 Å². The Morgan fingerprint density at radius 1 is 0.842 bits per heavy atom. The largest absolute Gasteiger partial charge is 0.481 e. The zero-order valence-electron chi connectivity index (χ0n) is 22.2. The van der Waals surface area contributed by atoms with E-state index in [1.165, 1.54) is 0 Å². The van der Waals surface area contributed by atoms with E-state index in [0.717, 1.165) is 62.4 Å². The van der Waals surface area contributed by atoms with Crippen LogP contribution in [0.3, 0.4) is 0 Å². The highest BCUT2D eigenvalue weighted by Gasteiger charge is 2.26. The van der Waals surface area contributed by atoms with E-state index in [-0.39, 0.29) is 18.7 Å². The summed E-state index contributed by atoms with van der Waals surface area (Å²) >= 11 is 0. The molecule has 0 aliphatic carbocycles. The summed E-state index contributed by atoms with van der Waals surface area (Å²) in [5.74, 6) is -1.75. The minimum atomic E-state index is -0.822. The number of hydrogen-bond donors (Lipinski definition) is 5. The molecule has 0 spiro atoms. The lowest BCUT2D eigenvalue weighted by molar-refractivity contribution is -0.138. The molecule has 0 fully saturated rings. The maximum atomic E-state index is 12.3. The molecule has 9 nitrogen and oxygen atoms in total. The molecule has 1 aliphatic heterocycles. The normalized spacial score (nSPS) is 13.1. The second-order valence-electron chi connectivity index (χ2n) is 9.45. The SMILES string of the molecule is Cc1[nH]c(C=O)c(C)c1CCC(=O)O.Cc1cccc2c1C(=Cc1[nH]c(C)c(CCC(=O)O)c1C)C(=O)N2. The number of carbonyl (C=O) groups excluding carboxylic acids is 2. The van der Waals surface area contributed by atoms with Gasteiger partial charge in [0.1, 0.15) is 0 Å². The highest BCUT2D eigenvalue weighted by molar-refractivity contribution is 6.35. The van der Waals surface area contributed by atoms with Gasteiger partial charge in [-0.2, -0.15) is 0 Å². The Morgan fingerprint density at radius 2 is 1.37 bits per heavy atom. The van der Waals surface area contributed by atoms with Crippen LogP contribution in [0.4, 0.5) is 5.69 Å². The standard InChI is InChI=1S/C19H20N2O3.C10H13NO3/c1-10-5-4-6-15-18(10)14(19(24)21-15)9-16-11(2)13(12(3)20-16)7-8-17(22)23;1-6-8(3-4-10(13)14)7(2)11-9(6)5-12/h4-6,9,20H,7-8H2,1-3H3,(H,21,24)(H,22,23);5,11H,3-4H2,1-2H3,(H,13,14). The summed E-state index contributed by atoms with van der Waals surface area (Å²) in [4.78, 5) is 50.3. The Hall–Kier alpha value is -4.40. The van der Waals surface area contributed by atoms with Gasteiger partial charge in [0.15, 0.2) is 6.29 Å². The van der Waals surface area contributed by atoms with Gasteiger partial charge >= 0.3 is 11.9 Å². The van der Waals surface area contributed by atoms with Crippen molar-refractivity contribution in [1.82, 2.24) is 9.97 Å². The second kappa shape index (κ2) is 11.8. The number of amides is 1. The Kier molecular flexibility index (Phi) is 8.72. The quantitative estimate of drug-likeness (QED) is 0.211. The number of nitrogens with one attached hydrogen (secondary N) is 3. The monoisotopic (exact) mass is 519 g/mol. The van der Waals surface area contributed by atoms with Crippen LogP contribution < -0.4 is 5.32 Å². The zero-order valence-corrected chi connectivity index (χ0v) is 22.2. The molecule has 0 atom stereocenters. The average molecular weight is 520 g/mol. The number of carboxylic acids is 2. The fraction of sp³-hybridized carbons (Fsp3) is 0.310. The number of carboxylic acid groups (broad SMARTS) is 2. The van der Waals surface area contributed by atoms with Crippen molar-refractivity contribution in [1.29, 1.82) is 0 Å². The van der Waals surface area contributed by atoms with Gasteiger partial charge in [-0.05, 0) is 87.4 Å². The number of carbonyl (C=O) groups is 4. The lowest BCUT2D eigenvalue weighted by Crippen LogP contribution is -2.03. The van der Waals surface area contributed by atoms with Gasteiger partial charge in [-0.25, -0.2) is 0 Å². The summed E-state index contributed by atoms with van der Waals surface area (Å²) in [6.45, 7) is 9.54. The molecule has 0 saturated heterocycles. The lowest BCUT2D eigenvalue weighted by atomic mass is 9.99. The van der Waals surface area contributed by atoms with E-state index in [4.69, 9.17) is 10.2 Å². The molecule has 5 N–H and O–H groups in total. The molecule has 2 aromatic heterocycles. The van der Waals surface area contributed by atoms with Crippen molar-refractivity contribution in [2.75, 3.05) is 5.32 Å². The van der Waals surface area contributed by atoms with Gasteiger partial charge in [0, 0.05) is 41.2 Å². The van der Waals surface area contributed by atoms with Gasteiger partial charge < -0.3 is 25.5 Å². The number of rotatable bonds is 8. The topological polar surface area (TPSA) is 152 Å². The molecule has 0 unspecified atom stereocenters. The molecule has 1 amide bonds. The fourth-order valence-corrected chi connectivity index (χ4v) is 4.82. The van der Waals surface area contributed by atoms with Crippen LogP contribution in [0.15, 0.2) is 18.2 Å². The number of anilines is 1. The molecule has 1 aliphatic rings. The minimum Gasteiger partial charge on any atom is -0.481 e. The molecule has 0 saturated carbocycles. The van der Waals surface area contributed by atoms with Crippen LogP contribution in [0.2, 0.25) is 0 Å². The summed E-state index contributed by atoms with van der Waals surface area (Å²) in [5.41, 5.74) is 10.5. The minimum absolute atomic E-state index is 0.0951.